The average molecular weight is 311 g/mol. The summed E-state index contributed by atoms with van der Waals surface area (Å²) >= 11 is 12.2. The smallest absolute Gasteiger partial charge is 0.269 e. The minimum atomic E-state index is -0.136. The Hall–Kier alpha value is -1.43. The van der Waals surface area contributed by atoms with E-state index in [2.05, 4.69) is 0 Å². The molecule has 0 spiro atoms. The van der Waals surface area contributed by atoms with Gasteiger partial charge in [-0.3, -0.25) is 4.79 Å². The summed E-state index contributed by atoms with van der Waals surface area (Å²) in [5, 5.41) is 2.26. The highest BCUT2D eigenvalue weighted by atomic mass is 35.5. The van der Waals surface area contributed by atoms with Crippen molar-refractivity contribution in [2.75, 3.05) is 11.9 Å². The maximum absolute atomic E-state index is 12.2. The Morgan fingerprint density at radius 2 is 1.95 bits per heavy atom. The van der Waals surface area contributed by atoms with Gasteiger partial charge in [0.1, 0.15) is 9.87 Å². The third kappa shape index (κ3) is 2.94. The first-order valence-electron chi connectivity index (χ1n) is 5.41. The number of anilines is 1. The SMILES string of the molecule is CN(C(=O)c1sccc1Cl)c1ccc(C(N)=S)cc1. The van der Waals surface area contributed by atoms with Gasteiger partial charge in [-0.2, -0.15) is 0 Å². The molecule has 1 aromatic heterocycles. The van der Waals surface area contributed by atoms with E-state index in [0.29, 0.717) is 14.9 Å². The van der Waals surface area contributed by atoms with Crippen LogP contribution in [0.25, 0.3) is 0 Å². The molecule has 0 aliphatic rings. The first-order valence-corrected chi connectivity index (χ1v) is 7.08. The Morgan fingerprint density at radius 3 is 2.42 bits per heavy atom. The first-order chi connectivity index (χ1) is 9.00. The second-order valence-electron chi connectivity index (χ2n) is 3.87. The lowest BCUT2D eigenvalue weighted by molar-refractivity contribution is 0.0997. The molecule has 0 saturated heterocycles. The van der Waals surface area contributed by atoms with Gasteiger partial charge in [-0.25, -0.2) is 0 Å². The highest BCUT2D eigenvalue weighted by Crippen LogP contribution is 2.25. The van der Waals surface area contributed by atoms with Crippen molar-refractivity contribution in [1.82, 2.24) is 0 Å². The zero-order valence-electron chi connectivity index (χ0n) is 10.1. The lowest BCUT2D eigenvalue weighted by atomic mass is 10.2. The lowest BCUT2D eigenvalue weighted by Gasteiger charge is -2.17. The molecule has 0 aliphatic carbocycles. The number of amides is 1. The van der Waals surface area contributed by atoms with E-state index >= 15 is 0 Å². The summed E-state index contributed by atoms with van der Waals surface area (Å²) in [5.74, 6) is -0.136. The van der Waals surface area contributed by atoms with Crippen LogP contribution in [0.2, 0.25) is 5.02 Å². The number of thiophene rings is 1. The van der Waals surface area contributed by atoms with E-state index in [0.717, 1.165) is 11.3 Å². The largest absolute Gasteiger partial charge is 0.389 e. The Morgan fingerprint density at radius 1 is 1.32 bits per heavy atom. The number of carbonyl (C=O) groups excluding carboxylic acids is 1. The number of hydrogen-bond donors (Lipinski definition) is 1. The van der Waals surface area contributed by atoms with Crippen LogP contribution in [0.15, 0.2) is 35.7 Å². The van der Waals surface area contributed by atoms with E-state index in [1.807, 2.05) is 0 Å². The molecule has 3 nitrogen and oxygen atoms in total. The number of rotatable bonds is 3. The molecule has 0 aliphatic heterocycles. The zero-order valence-corrected chi connectivity index (χ0v) is 12.5. The van der Waals surface area contributed by atoms with Crippen molar-refractivity contribution < 1.29 is 4.79 Å². The van der Waals surface area contributed by atoms with E-state index in [-0.39, 0.29) is 5.91 Å². The summed E-state index contributed by atoms with van der Waals surface area (Å²) in [6.45, 7) is 0. The summed E-state index contributed by atoms with van der Waals surface area (Å²) < 4.78 is 0. The molecule has 0 fully saturated rings. The maximum atomic E-state index is 12.2. The molecule has 0 atom stereocenters. The van der Waals surface area contributed by atoms with Gasteiger partial charge in [0.05, 0.1) is 5.02 Å². The second-order valence-corrected chi connectivity index (χ2v) is 5.64. The molecule has 6 heteroatoms. The number of thiocarbonyl (C=S) groups is 1. The van der Waals surface area contributed by atoms with Crippen LogP contribution in [0.5, 0.6) is 0 Å². The van der Waals surface area contributed by atoms with Gasteiger partial charge in [-0.1, -0.05) is 23.8 Å². The molecule has 0 unspecified atom stereocenters. The van der Waals surface area contributed by atoms with Crippen molar-refractivity contribution in [2.45, 2.75) is 0 Å². The van der Waals surface area contributed by atoms with Crippen molar-refractivity contribution in [3.8, 4) is 0 Å². The predicted octanol–water partition coefficient (Wildman–Crippen LogP) is 3.31. The van der Waals surface area contributed by atoms with Gasteiger partial charge in [0.15, 0.2) is 0 Å². The van der Waals surface area contributed by atoms with Gasteiger partial charge in [0.25, 0.3) is 5.91 Å². The molecule has 2 N–H and O–H groups in total. The molecule has 1 amide bonds. The summed E-state index contributed by atoms with van der Waals surface area (Å²) in [4.78, 5) is 14.7. The minimum Gasteiger partial charge on any atom is -0.389 e. The third-order valence-corrected chi connectivity index (χ3v) is 4.22. The fourth-order valence-corrected chi connectivity index (χ4v) is 2.81. The van der Waals surface area contributed by atoms with Crippen molar-refractivity contribution in [2.24, 2.45) is 5.73 Å². The molecule has 2 rings (SSSR count). The van der Waals surface area contributed by atoms with E-state index < -0.39 is 0 Å². The first kappa shape index (κ1) is 14.0. The third-order valence-electron chi connectivity index (χ3n) is 2.66. The Labute approximate surface area is 125 Å². The molecule has 1 heterocycles. The van der Waals surface area contributed by atoms with Crippen LogP contribution in [0.4, 0.5) is 5.69 Å². The molecule has 98 valence electrons. The van der Waals surface area contributed by atoms with Crippen LogP contribution < -0.4 is 10.6 Å². The Balaban J connectivity index is 2.24. The van der Waals surface area contributed by atoms with Crippen molar-refractivity contribution in [3.63, 3.8) is 0 Å². The Kier molecular flexibility index (Phi) is 4.19. The summed E-state index contributed by atoms with van der Waals surface area (Å²) in [6, 6.07) is 8.89. The topological polar surface area (TPSA) is 46.3 Å². The molecule has 0 radical (unpaired) electrons. The van der Waals surface area contributed by atoms with Crippen LogP contribution in [0.1, 0.15) is 15.2 Å². The average Bonchev–Trinajstić information content (AvgIpc) is 2.83. The van der Waals surface area contributed by atoms with Crippen LogP contribution in [0, 0.1) is 0 Å². The van der Waals surface area contributed by atoms with Crippen LogP contribution >= 0.6 is 35.2 Å². The molecular weight excluding hydrogens is 300 g/mol. The number of halogens is 1. The minimum absolute atomic E-state index is 0.136. The number of benzene rings is 1. The van der Waals surface area contributed by atoms with Crippen LogP contribution in [-0.4, -0.2) is 17.9 Å². The van der Waals surface area contributed by atoms with E-state index in [4.69, 9.17) is 29.6 Å². The van der Waals surface area contributed by atoms with Crippen LogP contribution in [-0.2, 0) is 0 Å². The van der Waals surface area contributed by atoms with Crippen LogP contribution in [0.3, 0.4) is 0 Å². The maximum Gasteiger partial charge on any atom is 0.269 e. The van der Waals surface area contributed by atoms with Crippen molar-refractivity contribution in [1.29, 1.82) is 0 Å². The number of nitrogens with zero attached hydrogens (tertiary/aromatic N) is 1. The van der Waals surface area contributed by atoms with Gasteiger partial charge in [-0.15, -0.1) is 11.3 Å². The zero-order chi connectivity index (χ0) is 14.0. The van der Waals surface area contributed by atoms with Gasteiger partial charge in [0, 0.05) is 18.3 Å². The lowest BCUT2D eigenvalue weighted by Crippen LogP contribution is -2.25. The van der Waals surface area contributed by atoms with Gasteiger partial charge in [-0.05, 0) is 35.7 Å². The quantitative estimate of drug-likeness (QED) is 0.885. The second kappa shape index (κ2) is 5.69. The highest BCUT2D eigenvalue weighted by molar-refractivity contribution is 7.80. The number of carbonyl (C=O) groups is 1. The Bertz CT molecular complexity index is 622. The van der Waals surface area contributed by atoms with E-state index in [1.54, 1.807) is 47.7 Å². The normalized spacial score (nSPS) is 10.2. The fraction of sp³-hybridized carbons (Fsp3) is 0.0769. The molecule has 0 bridgehead atoms. The summed E-state index contributed by atoms with van der Waals surface area (Å²) in [6.07, 6.45) is 0. The van der Waals surface area contributed by atoms with Crippen molar-refractivity contribution >= 4 is 51.7 Å². The monoisotopic (exact) mass is 310 g/mol. The molecule has 2 aromatic rings. The summed E-state index contributed by atoms with van der Waals surface area (Å²) in [5.41, 5.74) is 7.06. The van der Waals surface area contributed by atoms with E-state index in [1.165, 1.54) is 11.3 Å². The van der Waals surface area contributed by atoms with Gasteiger partial charge < -0.3 is 10.6 Å². The number of hydrogen-bond acceptors (Lipinski definition) is 3. The van der Waals surface area contributed by atoms with E-state index in [9.17, 15) is 4.79 Å². The highest BCUT2D eigenvalue weighted by Gasteiger charge is 2.17. The van der Waals surface area contributed by atoms with Crippen molar-refractivity contribution in [3.05, 3.63) is 51.2 Å². The standard InChI is InChI=1S/C13H11ClN2OS2/c1-16(13(17)11-10(14)6-7-19-11)9-4-2-8(3-5-9)12(15)18/h2-7H,1H3,(H2,15,18). The number of nitrogens with two attached hydrogens (primary N) is 1. The molecule has 19 heavy (non-hydrogen) atoms. The summed E-state index contributed by atoms with van der Waals surface area (Å²) in [7, 11) is 1.70. The fourth-order valence-electron chi connectivity index (χ4n) is 1.57. The predicted molar refractivity (Wildman–Crippen MR) is 84.4 cm³/mol. The molecule has 1 aromatic carbocycles. The van der Waals surface area contributed by atoms with Gasteiger partial charge in [0.2, 0.25) is 0 Å². The molecule has 0 saturated carbocycles. The molecular formula is C13H11ClN2OS2. The van der Waals surface area contributed by atoms with Gasteiger partial charge >= 0.3 is 0 Å².